The molecular formula is C13H23N3O. The number of aromatic nitrogens is 2. The van der Waals surface area contributed by atoms with Gasteiger partial charge in [-0.2, -0.15) is 5.10 Å². The van der Waals surface area contributed by atoms with Crippen LogP contribution in [0.4, 0.5) is 0 Å². The Morgan fingerprint density at radius 3 is 2.82 bits per heavy atom. The van der Waals surface area contributed by atoms with E-state index in [-0.39, 0.29) is 5.78 Å². The molecule has 0 atom stereocenters. The highest BCUT2D eigenvalue weighted by Gasteiger charge is 2.10. The lowest BCUT2D eigenvalue weighted by Crippen LogP contribution is -2.10. The van der Waals surface area contributed by atoms with E-state index in [0.717, 1.165) is 50.9 Å². The zero-order valence-corrected chi connectivity index (χ0v) is 10.7. The summed E-state index contributed by atoms with van der Waals surface area (Å²) in [7, 11) is 0. The van der Waals surface area contributed by atoms with Gasteiger partial charge in [0.25, 0.3) is 0 Å². The van der Waals surface area contributed by atoms with Crippen LogP contribution < -0.4 is 5.73 Å². The lowest BCUT2D eigenvalue weighted by atomic mass is 10.1. The van der Waals surface area contributed by atoms with Crippen LogP contribution in [-0.4, -0.2) is 22.1 Å². The van der Waals surface area contributed by atoms with Gasteiger partial charge < -0.3 is 5.73 Å². The Morgan fingerprint density at radius 2 is 2.12 bits per heavy atom. The Kier molecular flexibility index (Phi) is 6.55. The van der Waals surface area contributed by atoms with Crippen LogP contribution in [0.15, 0.2) is 12.3 Å². The number of Topliss-reactive ketones (excluding diaryl/α,β-unsaturated/α-hetero) is 1. The zero-order valence-electron chi connectivity index (χ0n) is 10.7. The molecule has 0 aliphatic heterocycles. The van der Waals surface area contributed by atoms with Crippen LogP contribution in [-0.2, 0) is 6.54 Å². The lowest BCUT2D eigenvalue weighted by molar-refractivity contribution is 0.0968. The van der Waals surface area contributed by atoms with E-state index in [0.29, 0.717) is 6.42 Å². The predicted molar refractivity (Wildman–Crippen MR) is 69.0 cm³/mol. The van der Waals surface area contributed by atoms with Crippen LogP contribution in [0, 0.1) is 0 Å². The minimum atomic E-state index is 0.212. The molecule has 0 unspecified atom stereocenters. The van der Waals surface area contributed by atoms with E-state index in [1.165, 1.54) is 0 Å². The molecule has 0 aliphatic carbocycles. The van der Waals surface area contributed by atoms with Crippen LogP contribution in [0.5, 0.6) is 0 Å². The molecule has 1 aromatic rings. The number of carbonyl (C=O) groups is 1. The Morgan fingerprint density at radius 1 is 1.35 bits per heavy atom. The Balaban J connectivity index is 2.33. The first kappa shape index (κ1) is 13.9. The monoisotopic (exact) mass is 237 g/mol. The van der Waals surface area contributed by atoms with Gasteiger partial charge in [-0.1, -0.05) is 19.8 Å². The topological polar surface area (TPSA) is 60.9 Å². The molecule has 17 heavy (non-hydrogen) atoms. The van der Waals surface area contributed by atoms with Crippen LogP contribution in [0.3, 0.4) is 0 Å². The Labute approximate surface area is 103 Å². The molecule has 0 spiro atoms. The molecule has 0 aromatic carbocycles. The van der Waals surface area contributed by atoms with E-state index in [4.69, 9.17) is 5.73 Å². The second kappa shape index (κ2) is 8.01. The quantitative estimate of drug-likeness (QED) is 0.530. The molecule has 0 radical (unpaired) electrons. The summed E-state index contributed by atoms with van der Waals surface area (Å²) in [5.74, 6) is 0.212. The molecule has 96 valence electrons. The molecule has 4 heteroatoms. The van der Waals surface area contributed by atoms with Gasteiger partial charge in [-0.25, -0.2) is 0 Å². The number of hydrogen-bond acceptors (Lipinski definition) is 3. The van der Waals surface area contributed by atoms with E-state index in [9.17, 15) is 4.79 Å². The number of nitrogens with zero attached hydrogens (tertiary/aromatic N) is 2. The van der Waals surface area contributed by atoms with Crippen LogP contribution in [0.1, 0.15) is 55.9 Å². The van der Waals surface area contributed by atoms with E-state index in [1.807, 2.05) is 10.7 Å². The summed E-state index contributed by atoms with van der Waals surface area (Å²) in [4.78, 5) is 11.9. The van der Waals surface area contributed by atoms with Gasteiger partial charge in [-0.3, -0.25) is 9.48 Å². The molecule has 1 heterocycles. The van der Waals surface area contributed by atoms with Gasteiger partial charge in [-0.05, 0) is 31.9 Å². The SMILES string of the molecule is CCCn1nccc1C(=O)CCCCCCN. The maximum atomic E-state index is 11.9. The second-order valence-corrected chi connectivity index (χ2v) is 4.32. The number of hydrogen-bond donors (Lipinski definition) is 1. The number of rotatable bonds is 9. The fourth-order valence-electron chi connectivity index (χ4n) is 1.87. The van der Waals surface area contributed by atoms with E-state index in [2.05, 4.69) is 12.0 Å². The van der Waals surface area contributed by atoms with Gasteiger partial charge in [0, 0.05) is 19.2 Å². The van der Waals surface area contributed by atoms with Gasteiger partial charge in [0.1, 0.15) is 5.69 Å². The largest absolute Gasteiger partial charge is 0.330 e. The second-order valence-electron chi connectivity index (χ2n) is 4.32. The van der Waals surface area contributed by atoms with Crippen molar-refractivity contribution >= 4 is 5.78 Å². The maximum Gasteiger partial charge on any atom is 0.180 e. The third-order valence-electron chi connectivity index (χ3n) is 2.80. The van der Waals surface area contributed by atoms with Crippen molar-refractivity contribution in [3.8, 4) is 0 Å². The fraction of sp³-hybridized carbons (Fsp3) is 0.692. The maximum absolute atomic E-state index is 11.9. The van der Waals surface area contributed by atoms with Crippen molar-refractivity contribution in [1.29, 1.82) is 0 Å². The van der Waals surface area contributed by atoms with Gasteiger partial charge in [0.2, 0.25) is 0 Å². The molecule has 1 rings (SSSR count). The minimum absolute atomic E-state index is 0.212. The zero-order chi connectivity index (χ0) is 12.5. The molecule has 1 aromatic heterocycles. The van der Waals surface area contributed by atoms with Gasteiger partial charge in [0.15, 0.2) is 5.78 Å². The first-order chi connectivity index (χ1) is 8.29. The number of carbonyl (C=O) groups excluding carboxylic acids is 1. The number of aryl methyl sites for hydroxylation is 1. The molecule has 2 N–H and O–H groups in total. The number of unbranched alkanes of at least 4 members (excludes halogenated alkanes) is 3. The van der Waals surface area contributed by atoms with Crippen molar-refractivity contribution < 1.29 is 4.79 Å². The van der Waals surface area contributed by atoms with E-state index in [1.54, 1.807) is 6.20 Å². The van der Waals surface area contributed by atoms with Crippen molar-refractivity contribution in [3.05, 3.63) is 18.0 Å². The van der Waals surface area contributed by atoms with Gasteiger partial charge in [-0.15, -0.1) is 0 Å². The molecule has 0 amide bonds. The van der Waals surface area contributed by atoms with Crippen molar-refractivity contribution in [3.63, 3.8) is 0 Å². The summed E-state index contributed by atoms with van der Waals surface area (Å²) >= 11 is 0. The Bertz CT molecular complexity index is 333. The first-order valence-electron chi connectivity index (χ1n) is 6.54. The summed E-state index contributed by atoms with van der Waals surface area (Å²) < 4.78 is 1.81. The van der Waals surface area contributed by atoms with Crippen molar-refractivity contribution in [1.82, 2.24) is 9.78 Å². The molecule has 0 fully saturated rings. The normalized spacial score (nSPS) is 10.7. The van der Waals surface area contributed by atoms with Crippen molar-refractivity contribution in [2.45, 2.75) is 52.0 Å². The number of ketones is 1. The first-order valence-corrected chi connectivity index (χ1v) is 6.54. The summed E-state index contributed by atoms with van der Waals surface area (Å²) in [5, 5.41) is 4.16. The third kappa shape index (κ3) is 4.69. The highest BCUT2D eigenvalue weighted by atomic mass is 16.1. The van der Waals surface area contributed by atoms with Crippen molar-refractivity contribution in [2.75, 3.05) is 6.54 Å². The highest BCUT2D eigenvalue weighted by Crippen LogP contribution is 2.09. The summed E-state index contributed by atoms with van der Waals surface area (Å²) in [6.45, 7) is 3.65. The molecular weight excluding hydrogens is 214 g/mol. The Hall–Kier alpha value is -1.16. The van der Waals surface area contributed by atoms with Gasteiger partial charge in [0.05, 0.1) is 0 Å². The predicted octanol–water partition coefficient (Wildman–Crippen LogP) is 2.39. The van der Waals surface area contributed by atoms with Gasteiger partial charge >= 0.3 is 0 Å². The van der Waals surface area contributed by atoms with E-state index >= 15 is 0 Å². The molecule has 0 saturated heterocycles. The smallest absolute Gasteiger partial charge is 0.180 e. The molecule has 0 aliphatic rings. The molecule has 0 bridgehead atoms. The van der Waals surface area contributed by atoms with Crippen LogP contribution in [0.25, 0.3) is 0 Å². The number of nitrogens with two attached hydrogens (primary N) is 1. The van der Waals surface area contributed by atoms with E-state index < -0.39 is 0 Å². The third-order valence-corrected chi connectivity index (χ3v) is 2.80. The summed E-state index contributed by atoms with van der Waals surface area (Å²) in [5.41, 5.74) is 6.18. The van der Waals surface area contributed by atoms with Crippen LogP contribution >= 0.6 is 0 Å². The standard InChI is InChI=1S/C13H23N3O/c1-2-11-16-12(8-10-15-16)13(17)7-5-3-4-6-9-14/h8,10H,2-7,9,11,14H2,1H3. The summed E-state index contributed by atoms with van der Waals surface area (Å²) in [6.07, 6.45) is 7.55. The molecule has 0 saturated carbocycles. The fourth-order valence-corrected chi connectivity index (χ4v) is 1.87. The average Bonchev–Trinajstić information content (AvgIpc) is 2.77. The highest BCUT2D eigenvalue weighted by molar-refractivity contribution is 5.94. The minimum Gasteiger partial charge on any atom is -0.330 e. The average molecular weight is 237 g/mol. The lowest BCUT2D eigenvalue weighted by Gasteiger charge is -2.05. The summed E-state index contributed by atoms with van der Waals surface area (Å²) in [6, 6.07) is 1.82. The molecule has 4 nitrogen and oxygen atoms in total. The van der Waals surface area contributed by atoms with Crippen molar-refractivity contribution in [2.24, 2.45) is 5.73 Å². The van der Waals surface area contributed by atoms with Crippen LogP contribution in [0.2, 0.25) is 0 Å².